The Labute approximate surface area is 239 Å². The quantitative estimate of drug-likeness (QED) is 0.154. The van der Waals surface area contributed by atoms with Gasteiger partial charge in [0.15, 0.2) is 16.6 Å². The molecule has 11 heteroatoms. The summed E-state index contributed by atoms with van der Waals surface area (Å²) in [5, 5.41) is 12.3. The summed E-state index contributed by atoms with van der Waals surface area (Å²) in [6.07, 6.45) is 0. The molecule has 206 valence electrons. The molecular formula is C29H25ClN2O7S. The number of aliphatic hydroxyl groups excluding tert-OH is 1. The minimum absolute atomic E-state index is 0.110. The molecule has 0 spiro atoms. The fourth-order valence-electron chi connectivity index (χ4n) is 4.62. The molecule has 1 saturated heterocycles. The normalized spacial score (nSPS) is 16.4. The van der Waals surface area contributed by atoms with Gasteiger partial charge in [-0.05, 0) is 67.1 Å². The van der Waals surface area contributed by atoms with Gasteiger partial charge in [-0.2, -0.15) is 0 Å². The van der Waals surface area contributed by atoms with Gasteiger partial charge in [0.05, 0.1) is 49.8 Å². The van der Waals surface area contributed by atoms with E-state index in [0.29, 0.717) is 51.3 Å². The fraction of sp³-hybridized carbons (Fsp3) is 0.207. The highest BCUT2D eigenvalue weighted by Crippen LogP contribution is 2.48. The van der Waals surface area contributed by atoms with Crippen LogP contribution in [0.25, 0.3) is 16.0 Å². The number of aliphatic hydroxyl groups is 1. The number of carbonyl (C=O) groups is 2. The molecule has 1 fully saturated rings. The summed E-state index contributed by atoms with van der Waals surface area (Å²) >= 11 is 7.38. The summed E-state index contributed by atoms with van der Waals surface area (Å²) < 4.78 is 22.8. The largest absolute Gasteiger partial charge is 0.507 e. The zero-order valence-electron chi connectivity index (χ0n) is 22.1. The van der Waals surface area contributed by atoms with E-state index in [1.165, 1.54) is 37.6 Å². The second-order valence-electron chi connectivity index (χ2n) is 8.69. The van der Waals surface area contributed by atoms with Crippen molar-refractivity contribution in [2.75, 3.05) is 32.8 Å². The van der Waals surface area contributed by atoms with Crippen LogP contribution in [0, 0.1) is 0 Å². The Balaban J connectivity index is 1.75. The summed E-state index contributed by atoms with van der Waals surface area (Å²) in [4.78, 5) is 33.1. The highest BCUT2D eigenvalue weighted by Gasteiger charge is 2.48. The van der Waals surface area contributed by atoms with Gasteiger partial charge in [0.25, 0.3) is 5.78 Å². The number of halogens is 1. The number of rotatable bonds is 8. The van der Waals surface area contributed by atoms with E-state index in [-0.39, 0.29) is 16.5 Å². The Morgan fingerprint density at radius 1 is 1.00 bits per heavy atom. The van der Waals surface area contributed by atoms with Crippen LogP contribution < -0.4 is 23.8 Å². The summed E-state index contributed by atoms with van der Waals surface area (Å²) in [6, 6.07) is 14.0. The second kappa shape index (κ2) is 11.1. The molecule has 0 radical (unpaired) electrons. The lowest BCUT2D eigenvalue weighted by atomic mass is 9.94. The molecule has 0 saturated carbocycles. The van der Waals surface area contributed by atoms with Gasteiger partial charge in [-0.15, -0.1) is 0 Å². The Morgan fingerprint density at radius 2 is 1.68 bits per heavy atom. The summed E-state index contributed by atoms with van der Waals surface area (Å²) in [5.74, 6) is -0.453. The van der Waals surface area contributed by atoms with Crippen molar-refractivity contribution in [1.29, 1.82) is 0 Å². The van der Waals surface area contributed by atoms with Gasteiger partial charge < -0.3 is 24.1 Å². The van der Waals surface area contributed by atoms with Crippen LogP contribution in [0.4, 0.5) is 5.13 Å². The fourth-order valence-corrected chi connectivity index (χ4v) is 5.89. The van der Waals surface area contributed by atoms with Gasteiger partial charge in [0.2, 0.25) is 5.75 Å². The first-order valence-corrected chi connectivity index (χ1v) is 13.4. The lowest BCUT2D eigenvalue weighted by molar-refractivity contribution is -0.132. The predicted octanol–water partition coefficient (Wildman–Crippen LogP) is 6.00. The molecule has 5 rings (SSSR count). The average molecular weight is 581 g/mol. The molecule has 2 heterocycles. The van der Waals surface area contributed by atoms with Crippen LogP contribution in [0.3, 0.4) is 0 Å². The van der Waals surface area contributed by atoms with E-state index >= 15 is 0 Å². The van der Waals surface area contributed by atoms with E-state index in [1.54, 1.807) is 54.6 Å². The van der Waals surface area contributed by atoms with Crippen LogP contribution in [-0.2, 0) is 9.59 Å². The molecule has 3 aromatic carbocycles. The number of amides is 1. The lowest BCUT2D eigenvalue weighted by Gasteiger charge is -2.24. The van der Waals surface area contributed by atoms with Crippen molar-refractivity contribution in [2.45, 2.75) is 13.0 Å². The van der Waals surface area contributed by atoms with E-state index in [1.807, 2.05) is 6.92 Å². The van der Waals surface area contributed by atoms with Crippen LogP contribution in [0.2, 0.25) is 5.02 Å². The number of aromatic nitrogens is 1. The SMILES string of the molecule is CCOc1ccc(C(O)=C2C(=O)C(=O)N(c3nc4ccc(Cl)cc4s3)C2c2cc(OC)c(OC)c(OC)c2)cc1. The van der Waals surface area contributed by atoms with Crippen molar-refractivity contribution in [3.8, 4) is 23.0 Å². The zero-order chi connectivity index (χ0) is 28.6. The van der Waals surface area contributed by atoms with Crippen molar-refractivity contribution >= 4 is 55.7 Å². The number of Topliss-reactive ketones (excluding diaryl/α,β-unsaturated/α-hetero) is 1. The first kappa shape index (κ1) is 27.3. The summed E-state index contributed by atoms with van der Waals surface area (Å²) in [6.45, 7) is 2.34. The van der Waals surface area contributed by atoms with Crippen LogP contribution in [0.15, 0.2) is 60.2 Å². The number of carbonyl (C=O) groups excluding carboxylic acids is 2. The second-order valence-corrected chi connectivity index (χ2v) is 10.1. The zero-order valence-corrected chi connectivity index (χ0v) is 23.6. The smallest absolute Gasteiger partial charge is 0.301 e. The highest BCUT2D eigenvalue weighted by molar-refractivity contribution is 7.22. The average Bonchev–Trinajstić information content (AvgIpc) is 3.49. The molecule has 0 aliphatic carbocycles. The van der Waals surface area contributed by atoms with Crippen LogP contribution in [0.1, 0.15) is 24.1 Å². The maximum absolute atomic E-state index is 13.6. The Morgan fingerprint density at radius 3 is 2.27 bits per heavy atom. The highest BCUT2D eigenvalue weighted by atomic mass is 35.5. The number of fused-ring (bicyclic) bond motifs is 1. The van der Waals surface area contributed by atoms with Gasteiger partial charge in [0.1, 0.15) is 11.5 Å². The van der Waals surface area contributed by atoms with Crippen molar-refractivity contribution in [2.24, 2.45) is 0 Å². The van der Waals surface area contributed by atoms with Gasteiger partial charge >= 0.3 is 5.91 Å². The van der Waals surface area contributed by atoms with Crippen LogP contribution in [-0.4, -0.2) is 49.7 Å². The van der Waals surface area contributed by atoms with Gasteiger partial charge in [0, 0.05) is 10.6 Å². The third-order valence-corrected chi connectivity index (χ3v) is 7.68. The van der Waals surface area contributed by atoms with Crippen molar-refractivity contribution < 1.29 is 33.6 Å². The maximum Gasteiger partial charge on any atom is 0.301 e. The van der Waals surface area contributed by atoms with Gasteiger partial charge in [-0.1, -0.05) is 22.9 Å². The molecule has 1 aliphatic heterocycles. The minimum Gasteiger partial charge on any atom is -0.507 e. The first-order chi connectivity index (χ1) is 19.3. The number of ether oxygens (including phenoxy) is 4. The summed E-state index contributed by atoms with van der Waals surface area (Å²) in [5.41, 5.74) is 1.29. The van der Waals surface area contributed by atoms with E-state index < -0.39 is 17.7 Å². The molecule has 4 aromatic rings. The summed E-state index contributed by atoms with van der Waals surface area (Å²) in [7, 11) is 4.41. The maximum atomic E-state index is 13.6. The predicted molar refractivity (Wildman–Crippen MR) is 153 cm³/mol. The topological polar surface area (TPSA) is 107 Å². The number of hydrogen-bond acceptors (Lipinski definition) is 9. The number of ketones is 1. The molecule has 1 unspecified atom stereocenters. The minimum atomic E-state index is -1.06. The van der Waals surface area contributed by atoms with Crippen molar-refractivity contribution in [3.05, 3.63) is 76.3 Å². The Kier molecular flexibility index (Phi) is 7.55. The number of thiazole rings is 1. The molecular weight excluding hydrogens is 556 g/mol. The monoisotopic (exact) mass is 580 g/mol. The number of benzene rings is 3. The standard InChI is InChI=1S/C29H25ClN2O7S/c1-5-39-18-9-6-15(7-10-18)25(33)23-24(16-12-20(36-2)27(38-4)21(13-16)37-3)32(28(35)26(23)34)29-31-19-11-8-17(30)14-22(19)40-29/h6-14,24,33H,5H2,1-4H3. The van der Waals surface area contributed by atoms with Crippen molar-refractivity contribution in [3.63, 3.8) is 0 Å². The molecule has 40 heavy (non-hydrogen) atoms. The van der Waals surface area contributed by atoms with E-state index in [0.717, 1.165) is 4.70 Å². The van der Waals surface area contributed by atoms with Crippen LogP contribution >= 0.6 is 22.9 Å². The van der Waals surface area contributed by atoms with Gasteiger partial charge in [-0.25, -0.2) is 4.98 Å². The number of nitrogens with zero attached hydrogens (tertiary/aromatic N) is 2. The van der Waals surface area contributed by atoms with Gasteiger partial charge in [-0.3, -0.25) is 14.5 Å². The molecule has 1 aliphatic rings. The third kappa shape index (κ3) is 4.69. The first-order valence-electron chi connectivity index (χ1n) is 12.2. The lowest BCUT2D eigenvalue weighted by Crippen LogP contribution is -2.29. The van der Waals surface area contributed by atoms with Crippen molar-refractivity contribution in [1.82, 2.24) is 4.98 Å². The molecule has 1 amide bonds. The van der Waals surface area contributed by atoms with E-state index in [9.17, 15) is 14.7 Å². The molecule has 9 nitrogen and oxygen atoms in total. The molecule has 1 aromatic heterocycles. The molecule has 1 N–H and O–H groups in total. The Hall–Kier alpha value is -4.28. The number of hydrogen-bond donors (Lipinski definition) is 1. The number of methoxy groups -OCH3 is 3. The van der Waals surface area contributed by atoms with Crippen LogP contribution in [0.5, 0.6) is 23.0 Å². The third-order valence-electron chi connectivity index (χ3n) is 6.43. The molecule has 1 atom stereocenters. The van der Waals surface area contributed by atoms with E-state index in [2.05, 4.69) is 4.98 Å². The molecule has 0 bridgehead atoms. The van der Waals surface area contributed by atoms with E-state index in [4.69, 9.17) is 30.5 Å². The Bertz CT molecular complexity index is 1620. The number of anilines is 1.